The molecule has 2 saturated heterocycles. The molecule has 1 aromatic carbocycles. The number of rotatable bonds is 5. The second-order valence-electron chi connectivity index (χ2n) is 7.45. The van der Waals surface area contributed by atoms with Crippen molar-refractivity contribution in [3.63, 3.8) is 0 Å². The Labute approximate surface area is 164 Å². The van der Waals surface area contributed by atoms with E-state index in [4.69, 9.17) is 0 Å². The first-order chi connectivity index (χ1) is 12.4. The molecule has 2 aliphatic rings. The number of carbonyl (C=O) groups excluding carboxylic acids is 1. The maximum atomic E-state index is 13.8. The molecular weight excluding hydrogens is 379 g/mol. The molecule has 2 aliphatic heterocycles. The van der Waals surface area contributed by atoms with Crippen LogP contribution in [0.1, 0.15) is 24.8 Å². The highest BCUT2D eigenvalue weighted by Crippen LogP contribution is 2.46. The number of nitrogens with one attached hydrogen (secondary N) is 2. The molecule has 1 aromatic rings. The lowest BCUT2D eigenvalue weighted by molar-refractivity contribution is -0.218. The molecule has 0 bridgehead atoms. The number of hydrogen-bond donors (Lipinski definition) is 2. The van der Waals surface area contributed by atoms with Crippen LogP contribution in [0.2, 0.25) is 0 Å². The lowest BCUT2D eigenvalue weighted by Gasteiger charge is -2.32. The molecule has 0 spiro atoms. The molecule has 0 aromatic heterocycles. The smallest absolute Gasteiger partial charge is 0.355 e. The average Bonchev–Trinajstić information content (AvgIpc) is 3.07. The van der Waals surface area contributed by atoms with E-state index in [2.05, 4.69) is 10.6 Å². The number of carbonyl (C=O) groups is 1. The van der Waals surface area contributed by atoms with Crippen LogP contribution in [0.4, 0.5) is 13.2 Å². The molecule has 152 valence electrons. The van der Waals surface area contributed by atoms with Gasteiger partial charge in [-0.1, -0.05) is 30.3 Å². The average molecular weight is 406 g/mol. The molecule has 27 heavy (non-hydrogen) atoms. The van der Waals surface area contributed by atoms with Gasteiger partial charge in [0, 0.05) is 19.6 Å². The number of amides is 1. The minimum atomic E-state index is -4.55. The first-order valence-electron chi connectivity index (χ1n) is 9.23. The van der Waals surface area contributed by atoms with Gasteiger partial charge in [-0.25, -0.2) is 0 Å². The molecule has 2 atom stereocenters. The summed E-state index contributed by atoms with van der Waals surface area (Å²) in [6.07, 6.45) is -2.80. The van der Waals surface area contributed by atoms with Crippen molar-refractivity contribution in [2.24, 2.45) is 11.3 Å². The molecule has 8 heteroatoms. The van der Waals surface area contributed by atoms with Crippen LogP contribution in [-0.4, -0.2) is 49.7 Å². The van der Waals surface area contributed by atoms with Gasteiger partial charge in [0.25, 0.3) is 0 Å². The van der Waals surface area contributed by atoms with Crippen LogP contribution in [-0.2, 0) is 11.3 Å². The topological polar surface area (TPSA) is 44.4 Å². The Morgan fingerprint density at radius 1 is 1.30 bits per heavy atom. The second kappa shape index (κ2) is 9.26. The lowest BCUT2D eigenvalue weighted by atomic mass is 9.84. The fourth-order valence-corrected chi connectivity index (χ4v) is 3.92. The highest BCUT2D eigenvalue weighted by atomic mass is 35.5. The molecule has 0 aliphatic carbocycles. The summed E-state index contributed by atoms with van der Waals surface area (Å²) in [5, 5.41) is 5.82. The predicted molar refractivity (Wildman–Crippen MR) is 101 cm³/mol. The van der Waals surface area contributed by atoms with Crippen molar-refractivity contribution in [2.75, 3.05) is 32.7 Å². The van der Waals surface area contributed by atoms with Crippen molar-refractivity contribution < 1.29 is 18.0 Å². The van der Waals surface area contributed by atoms with E-state index in [0.29, 0.717) is 13.1 Å². The molecule has 3 rings (SSSR count). The zero-order valence-electron chi connectivity index (χ0n) is 15.2. The summed E-state index contributed by atoms with van der Waals surface area (Å²) in [5.74, 6) is -0.661. The van der Waals surface area contributed by atoms with Gasteiger partial charge in [0.1, 0.15) is 0 Å². The largest absolute Gasteiger partial charge is 0.404 e. The van der Waals surface area contributed by atoms with E-state index in [1.54, 1.807) is 4.90 Å². The Hall–Kier alpha value is -1.31. The maximum Gasteiger partial charge on any atom is 0.404 e. The van der Waals surface area contributed by atoms with Gasteiger partial charge in [-0.2, -0.15) is 13.2 Å². The van der Waals surface area contributed by atoms with Gasteiger partial charge in [-0.05, 0) is 50.4 Å². The number of likely N-dealkylation sites (tertiary alicyclic amines) is 1. The SMILES string of the molecule is Cl.O=C(NCC1CCCNC1)C1(C(F)(F)F)CCN(Cc2ccccc2)C1. The standard InChI is InChI=1S/C19H26F3N3O.ClH/c20-19(21,22)18(17(26)24-12-16-7-4-9-23-11-16)8-10-25(14-18)13-15-5-2-1-3-6-15;/h1-3,5-6,16,23H,4,7-14H2,(H,24,26);1H. The van der Waals surface area contributed by atoms with E-state index < -0.39 is 17.5 Å². The van der Waals surface area contributed by atoms with Crippen LogP contribution in [0.3, 0.4) is 0 Å². The fraction of sp³-hybridized carbons (Fsp3) is 0.632. The second-order valence-corrected chi connectivity index (χ2v) is 7.45. The molecule has 2 unspecified atom stereocenters. The van der Waals surface area contributed by atoms with Crippen molar-refractivity contribution >= 4 is 18.3 Å². The Morgan fingerprint density at radius 2 is 2.04 bits per heavy atom. The number of nitrogens with zero attached hydrogens (tertiary/aromatic N) is 1. The highest BCUT2D eigenvalue weighted by Gasteiger charge is 2.62. The van der Waals surface area contributed by atoms with Gasteiger partial charge in [0.05, 0.1) is 0 Å². The van der Waals surface area contributed by atoms with Gasteiger partial charge in [-0.15, -0.1) is 12.4 Å². The van der Waals surface area contributed by atoms with Gasteiger partial charge in [0.15, 0.2) is 5.41 Å². The summed E-state index contributed by atoms with van der Waals surface area (Å²) < 4.78 is 41.5. The quantitative estimate of drug-likeness (QED) is 0.791. The predicted octanol–water partition coefficient (Wildman–Crippen LogP) is 2.98. The lowest BCUT2D eigenvalue weighted by Crippen LogP contribution is -2.53. The zero-order chi connectivity index (χ0) is 18.6. The normalized spacial score (nSPS) is 26.4. The highest BCUT2D eigenvalue weighted by molar-refractivity contribution is 5.85. The van der Waals surface area contributed by atoms with Crippen molar-refractivity contribution in [3.8, 4) is 0 Å². The number of halogens is 4. The van der Waals surface area contributed by atoms with Crippen molar-refractivity contribution in [2.45, 2.75) is 32.0 Å². The van der Waals surface area contributed by atoms with Gasteiger partial charge in [0.2, 0.25) is 5.91 Å². The van der Waals surface area contributed by atoms with E-state index in [1.165, 1.54) is 0 Å². The van der Waals surface area contributed by atoms with Gasteiger partial charge < -0.3 is 10.6 Å². The van der Waals surface area contributed by atoms with Gasteiger partial charge in [-0.3, -0.25) is 9.69 Å². The third-order valence-corrected chi connectivity index (χ3v) is 5.52. The minimum absolute atomic E-state index is 0. The van der Waals surface area contributed by atoms with Crippen LogP contribution in [0.25, 0.3) is 0 Å². The first-order valence-corrected chi connectivity index (χ1v) is 9.23. The molecule has 4 nitrogen and oxygen atoms in total. The third kappa shape index (κ3) is 5.15. The van der Waals surface area contributed by atoms with E-state index in [-0.39, 0.29) is 37.8 Å². The summed E-state index contributed by atoms with van der Waals surface area (Å²) in [6.45, 7) is 2.42. The van der Waals surface area contributed by atoms with Crippen LogP contribution >= 0.6 is 12.4 Å². The fourth-order valence-electron chi connectivity index (χ4n) is 3.92. The summed E-state index contributed by atoms with van der Waals surface area (Å²) >= 11 is 0. The molecule has 0 saturated carbocycles. The van der Waals surface area contributed by atoms with Crippen molar-refractivity contribution in [1.29, 1.82) is 0 Å². The minimum Gasteiger partial charge on any atom is -0.355 e. The Kier molecular flexibility index (Phi) is 7.54. The number of piperidine rings is 1. The molecule has 2 fully saturated rings. The van der Waals surface area contributed by atoms with Crippen molar-refractivity contribution in [3.05, 3.63) is 35.9 Å². The monoisotopic (exact) mass is 405 g/mol. The van der Waals surface area contributed by atoms with Crippen LogP contribution in [0, 0.1) is 11.3 Å². The van der Waals surface area contributed by atoms with E-state index in [0.717, 1.165) is 31.5 Å². The van der Waals surface area contributed by atoms with E-state index in [1.807, 2.05) is 30.3 Å². The Bertz CT molecular complexity index is 608. The Morgan fingerprint density at radius 3 is 2.67 bits per heavy atom. The molecule has 2 N–H and O–H groups in total. The number of hydrogen-bond acceptors (Lipinski definition) is 3. The van der Waals surface area contributed by atoms with E-state index >= 15 is 0 Å². The Balaban J connectivity index is 0.00000261. The van der Waals surface area contributed by atoms with Crippen LogP contribution in [0.15, 0.2) is 30.3 Å². The summed E-state index contributed by atoms with van der Waals surface area (Å²) in [6, 6.07) is 9.40. The third-order valence-electron chi connectivity index (χ3n) is 5.52. The summed E-state index contributed by atoms with van der Waals surface area (Å²) in [7, 11) is 0. The molecule has 1 amide bonds. The zero-order valence-corrected chi connectivity index (χ0v) is 16.0. The molecular formula is C19H27ClF3N3O. The van der Waals surface area contributed by atoms with Crippen LogP contribution in [0.5, 0.6) is 0 Å². The molecule has 2 heterocycles. The maximum absolute atomic E-state index is 13.8. The molecule has 0 radical (unpaired) electrons. The van der Waals surface area contributed by atoms with Gasteiger partial charge >= 0.3 is 6.18 Å². The first kappa shape index (κ1) is 22.0. The van der Waals surface area contributed by atoms with Crippen molar-refractivity contribution in [1.82, 2.24) is 15.5 Å². The number of benzene rings is 1. The van der Waals surface area contributed by atoms with E-state index in [9.17, 15) is 18.0 Å². The number of alkyl halides is 3. The summed E-state index contributed by atoms with van der Waals surface area (Å²) in [5.41, 5.74) is -1.34. The summed E-state index contributed by atoms with van der Waals surface area (Å²) in [4.78, 5) is 14.3. The van der Waals surface area contributed by atoms with Crippen LogP contribution < -0.4 is 10.6 Å².